The van der Waals surface area contributed by atoms with Crippen molar-refractivity contribution in [2.45, 2.75) is 24.1 Å². The highest BCUT2D eigenvalue weighted by atomic mass is 32.2. The molecular formula is C15H15F2NO3S2. The van der Waals surface area contributed by atoms with E-state index in [1.165, 1.54) is 24.3 Å². The van der Waals surface area contributed by atoms with Crippen molar-refractivity contribution in [1.29, 1.82) is 0 Å². The first-order chi connectivity index (χ1) is 10.7. The molecule has 0 saturated carbocycles. The minimum atomic E-state index is -3.33. The molecule has 1 heterocycles. The topological polar surface area (TPSA) is 63.2 Å². The Morgan fingerprint density at radius 3 is 2.48 bits per heavy atom. The van der Waals surface area contributed by atoms with Crippen LogP contribution in [0.4, 0.5) is 8.78 Å². The van der Waals surface area contributed by atoms with Crippen molar-refractivity contribution < 1.29 is 22.0 Å². The predicted octanol–water partition coefficient (Wildman–Crippen LogP) is 3.33. The number of amides is 1. The quantitative estimate of drug-likeness (QED) is 0.891. The Bertz CT molecular complexity index is 829. The summed E-state index contributed by atoms with van der Waals surface area (Å²) in [6.07, 6.45) is -1.45. The third-order valence-electron chi connectivity index (χ3n) is 3.23. The molecule has 8 heteroatoms. The molecule has 0 unspecified atom stereocenters. The van der Waals surface area contributed by atoms with E-state index >= 15 is 0 Å². The minimum absolute atomic E-state index is 0.0615. The van der Waals surface area contributed by atoms with Crippen LogP contribution in [0.25, 0.3) is 0 Å². The average Bonchev–Trinajstić information content (AvgIpc) is 2.95. The van der Waals surface area contributed by atoms with Gasteiger partial charge in [0.1, 0.15) is 4.21 Å². The van der Waals surface area contributed by atoms with Crippen LogP contribution in [0, 0.1) is 6.92 Å². The molecular weight excluding hydrogens is 344 g/mol. The maximum absolute atomic E-state index is 12.6. The van der Waals surface area contributed by atoms with E-state index in [0.717, 1.165) is 23.2 Å². The third-order valence-corrected chi connectivity index (χ3v) is 6.13. The second kappa shape index (κ2) is 6.76. The second-order valence-corrected chi connectivity index (χ2v) is 8.39. The molecule has 0 aliphatic rings. The molecule has 2 rings (SSSR count). The molecule has 0 spiro atoms. The first kappa shape index (κ1) is 17.6. The molecule has 0 aliphatic heterocycles. The molecule has 0 fully saturated rings. The van der Waals surface area contributed by atoms with Crippen LogP contribution in [-0.4, -0.2) is 20.6 Å². The van der Waals surface area contributed by atoms with Crippen molar-refractivity contribution in [3.63, 3.8) is 0 Å². The van der Waals surface area contributed by atoms with E-state index < -0.39 is 22.2 Å². The maximum Gasteiger partial charge on any atom is 0.263 e. The van der Waals surface area contributed by atoms with Crippen LogP contribution in [0.1, 0.15) is 32.8 Å². The Hall–Kier alpha value is -1.80. The molecule has 2 aromatic rings. The molecule has 124 valence electrons. The third kappa shape index (κ3) is 4.35. The van der Waals surface area contributed by atoms with Crippen LogP contribution in [0.5, 0.6) is 0 Å². The van der Waals surface area contributed by atoms with Crippen LogP contribution in [0.2, 0.25) is 0 Å². The van der Waals surface area contributed by atoms with Crippen molar-refractivity contribution in [2.75, 3.05) is 6.26 Å². The zero-order valence-electron chi connectivity index (χ0n) is 12.5. The van der Waals surface area contributed by atoms with Crippen molar-refractivity contribution >= 4 is 27.1 Å². The second-order valence-electron chi connectivity index (χ2n) is 5.06. The van der Waals surface area contributed by atoms with Gasteiger partial charge in [-0.3, -0.25) is 4.79 Å². The van der Waals surface area contributed by atoms with E-state index in [4.69, 9.17) is 0 Å². The van der Waals surface area contributed by atoms with Gasteiger partial charge in [0.15, 0.2) is 9.84 Å². The van der Waals surface area contributed by atoms with Crippen molar-refractivity contribution in [3.8, 4) is 0 Å². The van der Waals surface area contributed by atoms with Crippen LogP contribution in [0.3, 0.4) is 0 Å². The zero-order chi connectivity index (χ0) is 17.2. The Kier molecular flexibility index (Phi) is 5.16. The van der Waals surface area contributed by atoms with Crippen LogP contribution in [0.15, 0.2) is 34.5 Å². The smallest absolute Gasteiger partial charge is 0.263 e. The van der Waals surface area contributed by atoms with Gasteiger partial charge in [0.05, 0.1) is 4.88 Å². The molecule has 1 amide bonds. The molecule has 4 nitrogen and oxygen atoms in total. The molecule has 1 aromatic carbocycles. The van der Waals surface area contributed by atoms with Crippen molar-refractivity contribution in [1.82, 2.24) is 5.32 Å². The number of nitrogens with one attached hydrogen (secondary N) is 1. The summed E-state index contributed by atoms with van der Waals surface area (Å²) in [5, 5.41) is 2.66. The summed E-state index contributed by atoms with van der Waals surface area (Å²) in [6.45, 7) is 1.88. The standard InChI is InChI=1S/C15H15F2NO3S2/c1-9-7-10(14(16)17)3-4-11(9)8-18-15(19)12-5-6-13(22-12)23(2,20)21/h3-7,14H,8H2,1-2H3,(H,18,19). The van der Waals surface area contributed by atoms with Gasteiger partial charge in [-0.2, -0.15) is 0 Å². The van der Waals surface area contributed by atoms with Gasteiger partial charge in [0.2, 0.25) is 0 Å². The van der Waals surface area contributed by atoms with E-state index in [9.17, 15) is 22.0 Å². The lowest BCUT2D eigenvalue weighted by atomic mass is 10.1. The lowest BCUT2D eigenvalue weighted by molar-refractivity contribution is 0.0954. The Balaban J connectivity index is 2.06. The van der Waals surface area contributed by atoms with E-state index in [-0.39, 0.29) is 21.2 Å². The van der Waals surface area contributed by atoms with Gasteiger partial charge in [0, 0.05) is 18.4 Å². The SMILES string of the molecule is Cc1cc(C(F)F)ccc1CNC(=O)c1ccc(S(C)(=O)=O)s1. The minimum Gasteiger partial charge on any atom is -0.347 e. The number of benzene rings is 1. The first-order valence-electron chi connectivity index (χ1n) is 6.64. The van der Waals surface area contributed by atoms with Gasteiger partial charge < -0.3 is 5.32 Å². The summed E-state index contributed by atoms with van der Waals surface area (Å²) in [7, 11) is -3.33. The van der Waals surface area contributed by atoms with Crippen LogP contribution >= 0.6 is 11.3 Å². The summed E-state index contributed by atoms with van der Waals surface area (Å²) < 4.78 is 48.1. The van der Waals surface area contributed by atoms with Crippen molar-refractivity contribution in [2.24, 2.45) is 0 Å². The average molecular weight is 359 g/mol. The summed E-state index contributed by atoms with van der Waals surface area (Å²) in [5.41, 5.74) is 1.32. The van der Waals surface area contributed by atoms with Gasteiger partial charge in [-0.15, -0.1) is 11.3 Å². The number of hydrogen-bond donors (Lipinski definition) is 1. The normalized spacial score (nSPS) is 11.7. The molecule has 0 saturated heterocycles. The number of aryl methyl sites for hydroxylation is 1. The first-order valence-corrected chi connectivity index (χ1v) is 9.35. The Morgan fingerprint density at radius 2 is 1.96 bits per heavy atom. The Morgan fingerprint density at radius 1 is 1.26 bits per heavy atom. The lowest BCUT2D eigenvalue weighted by Crippen LogP contribution is -2.22. The molecule has 0 atom stereocenters. The summed E-state index contributed by atoms with van der Waals surface area (Å²) >= 11 is 0.894. The largest absolute Gasteiger partial charge is 0.347 e. The number of carbonyl (C=O) groups is 1. The van der Waals surface area contributed by atoms with Gasteiger partial charge >= 0.3 is 0 Å². The molecule has 0 aliphatic carbocycles. The van der Waals surface area contributed by atoms with E-state index in [1.54, 1.807) is 13.0 Å². The van der Waals surface area contributed by atoms with Gasteiger partial charge in [-0.05, 0) is 30.2 Å². The molecule has 1 N–H and O–H groups in total. The fraction of sp³-hybridized carbons (Fsp3) is 0.267. The molecule has 23 heavy (non-hydrogen) atoms. The highest BCUT2D eigenvalue weighted by molar-refractivity contribution is 7.92. The van der Waals surface area contributed by atoms with E-state index in [1.807, 2.05) is 0 Å². The fourth-order valence-corrected chi connectivity index (χ4v) is 3.80. The van der Waals surface area contributed by atoms with Crippen LogP contribution in [-0.2, 0) is 16.4 Å². The fourth-order valence-electron chi connectivity index (χ4n) is 1.96. The highest BCUT2D eigenvalue weighted by Gasteiger charge is 2.15. The highest BCUT2D eigenvalue weighted by Crippen LogP contribution is 2.23. The van der Waals surface area contributed by atoms with E-state index in [2.05, 4.69) is 5.32 Å². The van der Waals surface area contributed by atoms with Crippen LogP contribution < -0.4 is 5.32 Å². The van der Waals surface area contributed by atoms with Crippen molar-refractivity contribution in [3.05, 3.63) is 51.9 Å². The van der Waals surface area contributed by atoms with Gasteiger partial charge in [0.25, 0.3) is 12.3 Å². The summed E-state index contributed by atoms with van der Waals surface area (Å²) in [5.74, 6) is -0.401. The predicted molar refractivity (Wildman–Crippen MR) is 84.7 cm³/mol. The summed E-state index contributed by atoms with van der Waals surface area (Å²) in [6, 6.07) is 7.10. The number of sulfone groups is 1. The Labute approximate surface area is 137 Å². The number of hydrogen-bond acceptors (Lipinski definition) is 4. The lowest BCUT2D eigenvalue weighted by Gasteiger charge is -2.09. The molecule has 0 radical (unpaired) electrons. The zero-order valence-corrected chi connectivity index (χ0v) is 14.1. The molecule has 0 bridgehead atoms. The van der Waals surface area contributed by atoms with Gasteiger partial charge in [-0.25, -0.2) is 17.2 Å². The molecule has 1 aromatic heterocycles. The maximum atomic E-state index is 12.6. The number of carbonyl (C=O) groups excluding carboxylic acids is 1. The van der Waals surface area contributed by atoms with E-state index in [0.29, 0.717) is 5.56 Å². The number of rotatable bonds is 5. The monoisotopic (exact) mass is 359 g/mol. The van der Waals surface area contributed by atoms with Gasteiger partial charge in [-0.1, -0.05) is 18.2 Å². The number of halogens is 2. The number of alkyl halides is 2. The number of thiophene rings is 1. The summed E-state index contributed by atoms with van der Waals surface area (Å²) in [4.78, 5) is 12.3.